The molecule has 104 valence electrons. The molecular weight excluding hydrogens is 265 g/mol. The molecule has 1 aliphatic rings. The maximum atomic E-state index is 11.6. The number of amides is 1. The van der Waals surface area contributed by atoms with Gasteiger partial charge in [-0.3, -0.25) is 4.79 Å². The summed E-state index contributed by atoms with van der Waals surface area (Å²) < 4.78 is 5.34. The van der Waals surface area contributed by atoms with Crippen LogP contribution in [0.4, 0.5) is 0 Å². The highest BCUT2D eigenvalue weighted by molar-refractivity contribution is 5.85. The van der Waals surface area contributed by atoms with Crippen LogP contribution in [0.1, 0.15) is 13.8 Å². The third-order valence-electron chi connectivity index (χ3n) is 2.36. The van der Waals surface area contributed by atoms with E-state index in [0.29, 0.717) is 25.7 Å². The Kier molecular flexibility index (Phi) is 12.5. The summed E-state index contributed by atoms with van der Waals surface area (Å²) >= 11 is 0. The molecule has 3 N–H and O–H groups in total. The predicted molar refractivity (Wildman–Crippen MR) is 73.3 cm³/mol. The number of hydrogen-bond donors (Lipinski definition) is 3. The molecule has 0 unspecified atom stereocenters. The lowest BCUT2D eigenvalue weighted by Gasteiger charge is -2.23. The number of hydrogen-bond acceptors (Lipinski definition) is 4. The number of carbonyl (C=O) groups is 1. The van der Waals surface area contributed by atoms with Crippen molar-refractivity contribution in [3.05, 3.63) is 0 Å². The van der Waals surface area contributed by atoms with Crippen LogP contribution in [0, 0.1) is 0 Å². The maximum Gasteiger partial charge on any atom is 0.250 e. The third kappa shape index (κ3) is 7.78. The molecule has 1 fully saturated rings. The Morgan fingerprint density at radius 2 is 2.24 bits per heavy atom. The molecule has 17 heavy (non-hydrogen) atoms. The first-order valence-electron chi connectivity index (χ1n) is 5.57. The topological polar surface area (TPSA) is 62.4 Å². The first-order chi connectivity index (χ1) is 7.24. The van der Waals surface area contributed by atoms with E-state index in [1.54, 1.807) is 0 Å². The Hall–Kier alpha value is -0.0700. The summed E-state index contributed by atoms with van der Waals surface area (Å²) in [6.07, 6.45) is -0.326. The minimum absolute atomic E-state index is 0. The zero-order chi connectivity index (χ0) is 11.1. The van der Waals surface area contributed by atoms with Crippen molar-refractivity contribution in [2.75, 3.05) is 32.8 Å². The highest BCUT2D eigenvalue weighted by atomic mass is 35.5. The van der Waals surface area contributed by atoms with Gasteiger partial charge in [0.25, 0.3) is 5.91 Å². The Balaban J connectivity index is 0. The molecule has 1 rings (SSSR count). The second-order valence-corrected chi connectivity index (χ2v) is 3.77. The molecule has 7 heteroatoms. The molecule has 0 bridgehead atoms. The normalized spacial score (nSPS) is 20.7. The highest BCUT2D eigenvalue weighted by Crippen LogP contribution is 1.95. The third-order valence-corrected chi connectivity index (χ3v) is 2.36. The van der Waals surface area contributed by atoms with Crippen LogP contribution in [0.25, 0.3) is 0 Å². The standard InChI is InChI=1S/C10H21N3O2.2ClH/c1-3-12-8(2)6-13-10(14)9-7-11-4-5-15-9;;/h8-9,11-12H,3-7H2,1-2H3,(H,13,14);2*1H/t8-,9-;;/m1../s1. The van der Waals surface area contributed by atoms with Gasteiger partial charge in [0, 0.05) is 25.7 Å². The Labute approximate surface area is 115 Å². The van der Waals surface area contributed by atoms with Crippen molar-refractivity contribution in [2.24, 2.45) is 0 Å². The second kappa shape index (κ2) is 11.0. The molecule has 1 aliphatic heterocycles. The molecular formula is C10H23Cl2N3O2. The van der Waals surface area contributed by atoms with Gasteiger partial charge in [0.05, 0.1) is 6.61 Å². The maximum absolute atomic E-state index is 11.6. The summed E-state index contributed by atoms with van der Waals surface area (Å²) in [6, 6.07) is 0.301. The van der Waals surface area contributed by atoms with Gasteiger partial charge in [-0.1, -0.05) is 6.92 Å². The monoisotopic (exact) mass is 287 g/mol. The van der Waals surface area contributed by atoms with Crippen LogP contribution in [-0.2, 0) is 9.53 Å². The number of ether oxygens (including phenoxy) is 1. The van der Waals surface area contributed by atoms with Crippen LogP contribution in [0.15, 0.2) is 0 Å². The van der Waals surface area contributed by atoms with Crippen LogP contribution in [0.3, 0.4) is 0 Å². The van der Waals surface area contributed by atoms with E-state index in [9.17, 15) is 4.79 Å². The van der Waals surface area contributed by atoms with Crippen molar-refractivity contribution < 1.29 is 9.53 Å². The average Bonchev–Trinajstić information content (AvgIpc) is 2.27. The van der Waals surface area contributed by atoms with E-state index in [0.717, 1.165) is 13.1 Å². The second-order valence-electron chi connectivity index (χ2n) is 3.77. The highest BCUT2D eigenvalue weighted by Gasteiger charge is 2.21. The van der Waals surface area contributed by atoms with E-state index in [2.05, 4.69) is 16.0 Å². The molecule has 1 heterocycles. The number of likely N-dealkylation sites (N-methyl/N-ethyl adjacent to an activating group) is 1. The first kappa shape index (κ1) is 19.3. The van der Waals surface area contributed by atoms with Gasteiger partial charge in [-0.2, -0.15) is 0 Å². The number of halogens is 2. The largest absolute Gasteiger partial charge is 0.366 e. The lowest BCUT2D eigenvalue weighted by Crippen LogP contribution is -2.50. The van der Waals surface area contributed by atoms with E-state index in [4.69, 9.17) is 4.74 Å². The predicted octanol–water partition coefficient (Wildman–Crippen LogP) is -0.0674. The number of rotatable bonds is 5. The van der Waals surface area contributed by atoms with Crippen LogP contribution in [0.5, 0.6) is 0 Å². The molecule has 0 aromatic rings. The lowest BCUT2D eigenvalue weighted by molar-refractivity contribution is -0.134. The summed E-state index contributed by atoms with van der Waals surface area (Å²) in [5.74, 6) is -0.0213. The Morgan fingerprint density at radius 1 is 1.53 bits per heavy atom. The van der Waals surface area contributed by atoms with Crippen molar-refractivity contribution in [2.45, 2.75) is 26.0 Å². The Morgan fingerprint density at radius 3 is 2.76 bits per heavy atom. The summed E-state index contributed by atoms with van der Waals surface area (Å²) in [6.45, 7) is 7.71. The van der Waals surface area contributed by atoms with Crippen molar-refractivity contribution in [1.29, 1.82) is 0 Å². The van der Waals surface area contributed by atoms with E-state index in [-0.39, 0.29) is 36.8 Å². The lowest BCUT2D eigenvalue weighted by atomic mass is 10.2. The fourth-order valence-corrected chi connectivity index (χ4v) is 1.52. The zero-order valence-electron chi connectivity index (χ0n) is 10.3. The number of nitrogens with one attached hydrogen (secondary N) is 3. The molecule has 5 nitrogen and oxygen atoms in total. The van der Waals surface area contributed by atoms with Gasteiger partial charge in [0.1, 0.15) is 6.10 Å². The van der Waals surface area contributed by atoms with Crippen molar-refractivity contribution in [3.63, 3.8) is 0 Å². The number of carbonyl (C=O) groups excluding carboxylic acids is 1. The number of morpholine rings is 1. The van der Waals surface area contributed by atoms with Gasteiger partial charge in [0.2, 0.25) is 0 Å². The molecule has 0 saturated carbocycles. The van der Waals surface area contributed by atoms with Gasteiger partial charge < -0.3 is 20.7 Å². The molecule has 0 aromatic carbocycles. The molecule has 1 saturated heterocycles. The quantitative estimate of drug-likeness (QED) is 0.663. The van der Waals surface area contributed by atoms with E-state index in [1.165, 1.54) is 0 Å². The molecule has 0 spiro atoms. The summed E-state index contributed by atoms with van der Waals surface area (Å²) in [5.41, 5.74) is 0. The first-order valence-corrected chi connectivity index (χ1v) is 5.57. The van der Waals surface area contributed by atoms with Gasteiger partial charge in [0.15, 0.2) is 0 Å². The van der Waals surface area contributed by atoms with Gasteiger partial charge in [-0.15, -0.1) is 24.8 Å². The minimum atomic E-state index is -0.326. The van der Waals surface area contributed by atoms with Gasteiger partial charge in [-0.05, 0) is 13.5 Å². The summed E-state index contributed by atoms with van der Waals surface area (Å²) in [4.78, 5) is 11.6. The summed E-state index contributed by atoms with van der Waals surface area (Å²) in [7, 11) is 0. The minimum Gasteiger partial charge on any atom is -0.366 e. The average molecular weight is 288 g/mol. The van der Waals surface area contributed by atoms with Crippen molar-refractivity contribution in [1.82, 2.24) is 16.0 Å². The molecule has 2 atom stereocenters. The fraction of sp³-hybridized carbons (Fsp3) is 0.900. The van der Waals surface area contributed by atoms with E-state index < -0.39 is 0 Å². The van der Waals surface area contributed by atoms with Crippen LogP contribution in [-0.4, -0.2) is 50.8 Å². The zero-order valence-corrected chi connectivity index (χ0v) is 12.0. The molecule has 1 amide bonds. The molecule has 0 aromatic heterocycles. The van der Waals surface area contributed by atoms with Gasteiger partial charge >= 0.3 is 0 Å². The van der Waals surface area contributed by atoms with Crippen LogP contribution in [0.2, 0.25) is 0 Å². The summed E-state index contributed by atoms with van der Waals surface area (Å²) in [5, 5.41) is 9.23. The molecule has 0 radical (unpaired) electrons. The van der Waals surface area contributed by atoms with Gasteiger partial charge in [-0.25, -0.2) is 0 Å². The fourth-order valence-electron chi connectivity index (χ4n) is 1.52. The Bertz CT molecular complexity index is 202. The molecule has 0 aliphatic carbocycles. The van der Waals surface area contributed by atoms with E-state index in [1.807, 2.05) is 13.8 Å². The van der Waals surface area contributed by atoms with Crippen molar-refractivity contribution >= 4 is 30.7 Å². The van der Waals surface area contributed by atoms with Crippen molar-refractivity contribution in [3.8, 4) is 0 Å². The van der Waals surface area contributed by atoms with E-state index >= 15 is 0 Å². The SMILES string of the molecule is CCN[C@H](C)CNC(=O)[C@H]1CNCCO1.Cl.Cl. The van der Waals surface area contributed by atoms with Crippen LogP contribution < -0.4 is 16.0 Å². The van der Waals surface area contributed by atoms with Crippen LogP contribution >= 0.6 is 24.8 Å². The smallest absolute Gasteiger partial charge is 0.250 e.